The second-order valence-electron chi connectivity index (χ2n) is 23.5. The summed E-state index contributed by atoms with van der Waals surface area (Å²) in [7, 11) is 1.56. The summed E-state index contributed by atoms with van der Waals surface area (Å²) in [6.45, 7) is 4.69. The number of phosphoric ester groups is 1. The molecule has 0 bridgehead atoms. The Morgan fingerprint density at radius 3 is 1.18 bits per heavy atom. The summed E-state index contributed by atoms with van der Waals surface area (Å²) in [4.78, 5) is 23.3. The number of unbranched alkanes of at least 4 members (excludes halogenated alkanes) is 35. The van der Waals surface area contributed by atoms with Crippen LogP contribution in [0.2, 0.25) is 0 Å². The number of likely N-dealkylation sites (N-methyl/N-ethyl adjacent to an activating group) is 1. The molecule has 78 heavy (non-hydrogen) atoms. The molecule has 0 saturated heterocycles. The van der Waals surface area contributed by atoms with E-state index in [1.807, 2.05) is 27.2 Å². The van der Waals surface area contributed by atoms with Crippen LogP contribution in [0.3, 0.4) is 0 Å². The van der Waals surface area contributed by atoms with Crippen LogP contribution < -0.4 is 5.32 Å². The van der Waals surface area contributed by atoms with E-state index in [0.29, 0.717) is 17.4 Å². The minimum Gasteiger partial charge on any atom is -0.387 e. The molecule has 0 aliphatic carbocycles. The Morgan fingerprint density at radius 1 is 0.449 bits per heavy atom. The molecule has 0 aliphatic heterocycles. The molecule has 3 N–H and O–H groups in total. The third-order valence-electron chi connectivity index (χ3n) is 14.6. The van der Waals surface area contributed by atoms with Gasteiger partial charge in [0.2, 0.25) is 5.91 Å². The maximum atomic E-state index is 13.0. The first-order chi connectivity index (χ1) is 38.0. The third-order valence-corrected chi connectivity index (χ3v) is 15.6. The van der Waals surface area contributed by atoms with Crippen molar-refractivity contribution in [1.29, 1.82) is 0 Å². The highest BCUT2D eigenvalue weighted by Gasteiger charge is 2.27. The standard InChI is InChI=1S/C69H127N2O6P/c1-6-8-10-12-14-16-18-20-22-23-24-25-26-27-28-29-30-31-32-33-34-35-36-37-38-39-40-41-42-43-44-45-46-47-49-51-53-55-57-59-61-63-69(73)70-67(66-77-78(74,75)76-65-64-71(3,4)5)68(72)62-60-58-56-54-52-50-48-21-19-17-15-13-11-9-7-2/h8,10,14,16,20,22,24-25,27-28,52,54,60,62,67-68,72H,6-7,9,11-13,15,17-19,21,23,26,29-51,53,55-59,61,63-66H2,1-5H3,(H-,70,73,74,75)/p+1/b10-8-,16-14-,22-20-,25-24-,28-27-,54-52+,62-60+. The molecule has 3 unspecified atom stereocenters. The van der Waals surface area contributed by atoms with Gasteiger partial charge in [-0.25, -0.2) is 4.57 Å². The van der Waals surface area contributed by atoms with Crippen LogP contribution in [0.15, 0.2) is 85.1 Å². The van der Waals surface area contributed by atoms with Crippen LogP contribution in [0.25, 0.3) is 0 Å². The Morgan fingerprint density at radius 2 is 0.782 bits per heavy atom. The van der Waals surface area contributed by atoms with Gasteiger partial charge in [0.25, 0.3) is 0 Å². The Hall–Kier alpha value is -2.32. The van der Waals surface area contributed by atoms with E-state index >= 15 is 0 Å². The van der Waals surface area contributed by atoms with E-state index in [2.05, 4.69) is 92.1 Å². The number of aliphatic hydroxyl groups is 1. The van der Waals surface area contributed by atoms with Gasteiger partial charge < -0.3 is 19.8 Å². The van der Waals surface area contributed by atoms with Gasteiger partial charge in [0.05, 0.1) is 39.9 Å². The Bertz CT molecular complexity index is 1550. The molecule has 0 radical (unpaired) electrons. The van der Waals surface area contributed by atoms with Crippen LogP contribution >= 0.6 is 7.82 Å². The minimum absolute atomic E-state index is 0.0559. The fraction of sp³-hybridized carbons (Fsp3) is 0.783. The first-order valence-electron chi connectivity index (χ1n) is 33.0. The molecule has 8 nitrogen and oxygen atoms in total. The predicted octanol–water partition coefficient (Wildman–Crippen LogP) is 20.8. The lowest BCUT2D eigenvalue weighted by Crippen LogP contribution is -2.45. The number of nitrogens with one attached hydrogen (secondary N) is 1. The molecule has 0 spiro atoms. The molecule has 454 valence electrons. The van der Waals surface area contributed by atoms with Crippen LogP contribution in [-0.4, -0.2) is 73.4 Å². The summed E-state index contributed by atoms with van der Waals surface area (Å²) in [6.07, 6.45) is 84.5. The van der Waals surface area contributed by atoms with E-state index in [9.17, 15) is 19.4 Å². The average molecular weight is 1110 g/mol. The van der Waals surface area contributed by atoms with E-state index in [1.54, 1.807) is 6.08 Å². The fourth-order valence-corrected chi connectivity index (χ4v) is 10.2. The Balaban J connectivity index is 3.91. The summed E-state index contributed by atoms with van der Waals surface area (Å²) < 4.78 is 23.7. The number of hydrogen-bond donors (Lipinski definition) is 3. The number of quaternary nitrogens is 1. The van der Waals surface area contributed by atoms with E-state index in [0.717, 1.165) is 70.6 Å². The summed E-state index contributed by atoms with van der Waals surface area (Å²) in [6, 6.07) is -0.864. The summed E-state index contributed by atoms with van der Waals surface area (Å²) in [5.41, 5.74) is 0. The zero-order chi connectivity index (χ0) is 57.0. The average Bonchev–Trinajstić information content (AvgIpc) is 3.41. The van der Waals surface area contributed by atoms with Crippen LogP contribution in [0.5, 0.6) is 0 Å². The van der Waals surface area contributed by atoms with Gasteiger partial charge in [-0.1, -0.05) is 298 Å². The lowest BCUT2D eigenvalue weighted by atomic mass is 10.0. The highest BCUT2D eigenvalue weighted by molar-refractivity contribution is 7.47. The smallest absolute Gasteiger partial charge is 0.387 e. The number of hydrogen-bond acceptors (Lipinski definition) is 5. The van der Waals surface area contributed by atoms with Crippen LogP contribution in [0, 0.1) is 0 Å². The van der Waals surface area contributed by atoms with Crippen molar-refractivity contribution in [2.75, 3.05) is 40.9 Å². The first-order valence-corrected chi connectivity index (χ1v) is 34.5. The van der Waals surface area contributed by atoms with Crippen LogP contribution in [0.4, 0.5) is 0 Å². The van der Waals surface area contributed by atoms with E-state index < -0.39 is 20.0 Å². The Kier molecular flexibility index (Phi) is 57.5. The zero-order valence-corrected chi connectivity index (χ0v) is 52.8. The quantitative estimate of drug-likeness (QED) is 0.0243. The molecule has 0 fully saturated rings. The normalized spacial score (nSPS) is 14.3. The van der Waals surface area contributed by atoms with Crippen LogP contribution in [0.1, 0.15) is 296 Å². The number of aliphatic hydroxyl groups excluding tert-OH is 1. The molecule has 9 heteroatoms. The molecular formula is C69H128N2O6P+. The molecule has 0 saturated carbocycles. The highest BCUT2D eigenvalue weighted by atomic mass is 31.2. The van der Waals surface area contributed by atoms with Crippen LogP contribution in [-0.2, 0) is 18.4 Å². The number of amides is 1. The van der Waals surface area contributed by atoms with Crippen molar-refractivity contribution in [1.82, 2.24) is 5.32 Å². The molecule has 0 aromatic heterocycles. The topological polar surface area (TPSA) is 105 Å². The molecule has 0 aliphatic rings. The minimum atomic E-state index is -4.36. The molecule has 1 amide bonds. The van der Waals surface area contributed by atoms with Crippen molar-refractivity contribution >= 4 is 13.7 Å². The summed E-state index contributed by atoms with van der Waals surface area (Å²) >= 11 is 0. The number of rotatable bonds is 60. The molecule has 0 heterocycles. The lowest BCUT2D eigenvalue weighted by Gasteiger charge is -2.25. The van der Waals surface area contributed by atoms with Gasteiger partial charge >= 0.3 is 7.82 Å². The van der Waals surface area contributed by atoms with Crippen molar-refractivity contribution in [3.8, 4) is 0 Å². The second-order valence-corrected chi connectivity index (χ2v) is 24.9. The van der Waals surface area contributed by atoms with E-state index in [4.69, 9.17) is 9.05 Å². The zero-order valence-electron chi connectivity index (χ0n) is 51.9. The monoisotopic (exact) mass is 1110 g/mol. The van der Waals surface area contributed by atoms with Gasteiger partial charge in [-0.2, -0.15) is 0 Å². The molecule has 0 aromatic rings. The predicted molar refractivity (Wildman–Crippen MR) is 341 cm³/mol. The largest absolute Gasteiger partial charge is 0.472 e. The van der Waals surface area contributed by atoms with Crippen molar-refractivity contribution in [3.63, 3.8) is 0 Å². The van der Waals surface area contributed by atoms with Gasteiger partial charge in [-0.15, -0.1) is 0 Å². The van der Waals surface area contributed by atoms with Crippen molar-refractivity contribution in [3.05, 3.63) is 85.1 Å². The molecule has 0 aromatic carbocycles. The highest BCUT2D eigenvalue weighted by Crippen LogP contribution is 2.43. The number of carbonyl (C=O) groups is 1. The fourth-order valence-electron chi connectivity index (χ4n) is 9.50. The second kappa shape index (κ2) is 59.3. The number of carbonyl (C=O) groups excluding carboxylic acids is 1. The lowest BCUT2D eigenvalue weighted by molar-refractivity contribution is -0.870. The van der Waals surface area contributed by atoms with Gasteiger partial charge in [-0.3, -0.25) is 13.8 Å². The summed E-state index contributed by atoms with van der Waals surface area (Å²) in [5.74, 6) is -0.184. The van der Waals surface area contributed by atoms with Crippen molar-refractivity contribution < 1.29 is 32.9 Å². The van der Waals surface area contributed by atoms with Crippen molar-refractivity contribution in [2.24, 2.45) is 0 Å². The van der Waals surface area contributed by atoms with E-state index in [-0.39, 0.29) is 19.1 Å². The van der Waals surface area contributed by atoms with Gasteiger partial charge in [-0.05, 0) is 77.0 Å². The first kappa shape index (κ1) is 75.7. The SMILES string of the molecule is CC/C=C\C/C=C\C/C=C\C/C=C\C/C=C\CCCCCCCCCCCCCCCCCCCCCCCCCCCC(=O)NC(COP(=O)(O)OCC[N+](C)(C)C)C(O)/C=C/CC/C=C/CCCCCCCCCCC. The van der Waals surface area contributed by atoms with Gasteiger partial charge in [0, 0.05) is 6.42 Å². The summed E-state index contributed by atoms with van der Waals surface area (Å²) in [5, 5.41) is 13.9. The van der Waals surface area contributed by atoms with Crippen molar-refractivity contribution in [2.45, 2.75) is 309 Å². The maximum Gasteiger partial charge on any atom is 0.472 e. The van der Waals surface area contributed by atoms with Gasteiger partial charge in [0.15, 0.2) is 0 Å². The number of phosphoric acid groups is 1. The molecular weight excluding hydrogens is 984 g/mol. The third kappa shape index (κ3) is 61.3. The maximum absolute atomic E-state index is 13.0. The molecule has 0 rings (SSSR count). The number of allylic oxidation sites excluding steroid dienone is 13. The Labute approximate surface area is 484 Å². The molecule has 3 atom stereocenters. The number of nitrogens with zero attached hydrogens (tertiary/aromatic N) is 1. The van der Waals surface area contributed by atoms with E-state index in [1.165, 1.54) is 205 Å². The van der Waals surface area contributed by atoms with Gasteiger partial charge in [0.1, 0.15) is 13.2 Å².